The number of alkyl halides is 3. The lowest BCUT2D eigenvalue weighted by Gasteiger charge is -2.11. The van der Waals surface area contributed by atoms with Crippen molar-refractivity contribution >= 4 is 34.7 Å². The van der Waals surface area contributed by atoms with Gasteiger partial charge in [-0.1, -0.05) is 23.7 Å². The Hall–Kier alpha value is -0.690. The molecule has 0 bridgehead atoms. The van der Waals surface area contributed by atoms with Gasteiger partial charge in [0.25, 0.3) is 0 Å². The molecule has 0 aliphatic rings. The number of thiophene rings is 1. The third-order valence-corrected chi connectivity index (χ3v) is 4.51. The van der Waals surface area contributed by atoms with Gasteiger partial charge in [0, 0.05) is 16.2 Å². The van der Waals surface area contributed by atoms with Crippen molar-refractivity contribution in [1.29, 1.82) is 0 Å². The summed E-state index contributed by atoms with van der Waals surface area (Å²) >= 11 is 7.01. The lowest BCUT2D eigenvalue weighted by atomic mass is 10.1. The van der Waals surface area contributed by atoms with Crippen LogP contribution in [0.4, 0.5) is 13.2 Å². The van der Waals surface area contributed by atoms with Crippen molar-refractivity contribution in [2.75, 3.05) is 0 Å². The van der Waals surface area contributed by atoms with E-state index in [2.05, 4.69) is 0 Å². The third-order valence-electron chi connectivity index (χ3n) is 2.52. The molecule has 0 radical (unpaired) electrons. The molecular formula is C13H10ClF3OS2. The highest BCUT2D eigenvalue weighted by Crippen LogP contribution is 2.37. The molecule has 2 rings (SSSR count). The molecule has 1 heterocycles. The summed E-state index contributed by atoms with van der Waals surface area (Å²) in [6, 6.07) is 9.31. The van der Waals surface area contributed by atoms with E-state index < -0.39 is 11.6 Å². The van der Waals surface area contributed by atoms with E-state index in [-0.39, 0.29) is 16.7 Å². The first-order valence-electron chi connectivity index (χ1n) is 5.61. The fourth-order valence-electron chi connectivity index (χ4n) is 1.66. The van der Waals surface area contributed by atoms with Crippen molar-refractivity contribution in [3.8, 4) is 0 Å². The minimum atomic E-state index is -4.30. The van der Waals surface area contributed by atoms with Crippen LogP contribution >= 0.6 is 34.7 Å². The van der Waals surface area contributed by atoms with E-state index in [9.17, 15) is 18.3 Å². The van der Waals surface area contributed by atoms with E-state index in [4.69, 9.17) is 11.6 Å². The number of aliphatic hydroxyl groups excluding tert-OH is 1. The Morgan fingerprint density at radius 3 is 2.30 bits per heavy atom. The topological polar surface area (TPSA) is 20.2 Å². The summed E-state index contributed by atoms with van der Waals surface area (Å²) < 4.78 is 37.2. The van der Waals surface area contributed by atoms with Crippen LogP contribution in [0.3, 0.4) is 0 Å². The molecule has 0 aliphatic carbocycles. The largest absolute Gasteiger partial charge is 0.446 e. The number of thioether (sulfide) groups is 1. The van der Waals surface area contributed by atoms with Crippen LogP contribution in [0.2, 0.25) is 4.34 Å². The molecule has 108 valence electrons. The van der Waals surface area contributed by atoms with E-state index in [1.807, 2.05) is 6.07 Å². The van der Waals surface area contributed by atoms with Crippen molar-refractivity contribution in [3.05, 3.63) is 51.2 Å². The van der Waals surface area contributed by atoms with Gasteiger partial charge in [-0.2, -0.15) is 13.2 Å². The van der Waals surface area contributed by atoms with Gasteiger partial charge in [0.1, 0.15) is 0 Å². The van der Waals surface area contributed by atoms with E-state index >= 15 is 0 Å². The second kappa shape index (κ2) is 6.39. The highest BCUT2D eigenvalue weighted by Gasteiger charge is 2.29. The standard InChI is InChI=1S/C13H10ClF3OS2/c14-12-6-5-10(19-12)7-11(18)8-1-3-9(4-2-8)20-13(15,16)17/h1-6,11,18H,7H2. The maximum atomic E-state index is 12.2. The van der Waals surface area contributed by atoms with Crippen LogP contribution in [0.15, 0.2) is 41.3 Å². The minimum absolute atomic E-state index is 0.104. The number of rotatable bonds is 4. The maximum absolute atomic E-state index is 12.2. The maximum Gasteiger partial charge on any atom is 0.446 e. The van der Waals surface area contributed by atoms with Gasteiger partial charge in [0.15, 0.2) is 0 Å². The molecule has 1 atom stereocenters. The second-order valence-electron chi connectivity index (χ2n) is 4.04. The van der Waals surface area contributed by atoms with Gasteiger partial charge in [-0.3, -0.25) is 0 Å². The van der Waals surface area contributed by atoms with E-state index in [0.29, 0.717) is 16.3 Å². The number of hydrogen-bond acceptors (Lipinski definition) is 3. The summed E-state index contributed by atoms with van der Waals surface area (Å²) in [7, 11) is 0. The summed E-state index contributed by atoms with van der Waals surface area (Å²) in [5.41, 5.74) is -3.71. The second-order valence-corrected chi connectivity index (χ2v) is 6.98. The molecule has 7 heteroatoms. The Kier molecular flexibility index (Phi) is 5.01. The summed E-state index contributed by atoms with van der Waals surface area (Å²) in [4.78, 5) is 1.03. The summed E-state index contributed by atoms with van der Waals surface area (Å²) in [5.74, 6) is 0. The average Bonchev–Trinajstić information content (AvgIpc) is 2.73. The number of aliphatic hydroxyl groups is 1. The minimum Gasteiger partial charge on any atom is -0.388 e. The highest BCUT2D eigenvalue weighted by molar-refractivity contribution is 8.00. The van der Waals surface area contributed by atoms with Gasteiger partial charge in [0.2, 0.25) is 0 Å². The average molecular weight is 339 g/mol. The Labute approximate surface area is 127 Å². The normalized spacial score (nSPS) is 13.4. The zero-order valence-electron chi connectivity index (χ0n) is 10.0. The molecule has 0 saturated heterocycles. The molecule has 0 spiro atoms. The van der Waals surface area contributed by atoms with Gasteiger partial charge >= 0.3 is 5.51 Å². The number of benzene rings is 1. The van der Waals surface area contributed by atoms with Crippen LogP contribution in [0.1, 0.15) is 16.5 Å². The Morgan fingerprint density at radius 2 is 1.80 bits per heavy atom. The Morgan fingerprint density at radius 1 is 1.15 bits per heavy atom. The predicted molar refractivity (Wildman–Crippen MR) is 76.3 cm³/mol. The van der Waals surface area contributed by atoms with Crippen LogP contribution in [0, 0.1) is 0 Å². The smallest absolute Gasteiger partial charge is 0.388 e. The van der Waals surface area contributed by atoms with Crippen molar-refractivity contribution < 1.29 is 18.3 Å². The first-order chi connectivity index (χ1) is 9.33. The van der Waals surface area contributed by atoms with E-state index in [1.54, 1.807) is 6.07 Å². The number of halogens is 4. The van der Waals surface area contributed by atoms with Crippen molar-refractivity contribution in [2.45, 2.75) is 22.9 Å². The number of hydrogen-bond donors (Lipinski definition) is 1. The van der Waals surface area contributed by atoms with Crippen LogP contribution in [-0.2, 0) is 6.42 Å². The highest BCUT2D eigenvalue weighted by atomic mass is 35.5. The van der Waals surface area contributed by atoms with Gasteiger partial charge in [-0.25, -0.2) is 0 Å². The first kappa shape index (κ1) is 15.7. The third kappa shape index (κ3) is 4.70. The van der Waals surface area contributed by atoms with Gasteiger partial charge in [-0.15, -0.1) is 11.3 Å². The van der Waals surface area contributed by atoms with Crippen molar-refractivity contribution in [3.63, 3.8) is 0 Å². The fraction of sp³-hybridized carbons (Fsp3) is 0.231. The van der Waals surface area contributed by atoms with Gasteiger partial charge in [0.05, 0.1) is 10.4 Å². The van der Waals surface area contributed by atoms with Crippen LogP contribution < -0.4 is 0 Å². The molecule has 0 saturated carbocycles. The molecule has 0 amide bonds. The molecule has 0 aliphatic heterocycles. The summed E-state index contributed by atoms with van der Waals surface area (Å²) in [5, 5.41) is 10.0. The molecule has 0 fully saturated rings. The molecule has 1 N–H and O–H groups in total. The quantitative estimate of drug-likeness (QED) is 0.764. The Bertz CT molecular complexity index is 566. The molecule has 1 nitrogen and oxygen atoms in total. The van der Waals surface area contributed by atoms with Crippen LogP contribution in [0.25, 0.3) is 0 Å². The molecule has 2 aromatic rings. The first-order valence-corrected chi connectivity index (χ1v) is 7.62. The summed E-state index contributed by atoms with van der Waals surface area (Å²) in [6.45, 7) is 0. The van der Waals surface area contributed by atoms with Crippen molar-refractivity contribution in [2.24, 2.45) is 0 Å². The van der Waals surface area contributed by atoms with Gasteiger partial charge < -0.3 is 5.11 Å². The van der Waals surface area contributed by atoms with E-state index in [1.165, 1.54) is 35.6 Å². The molecule has 1 unspecified atom stereocenters. The van der Waals surface area contributed by atoms with E-state index in [0.717, 1.165) is 4.88 Å². The lowest BCUT2D eigenvalue weighted by Crippen LogP contribution is -2.01. The predicted octanol–water partition coefficient (Wildman–Crippen LogP) is 5.29. The van der Waals surface area contributed by atoms with Crippen LogP contribution in [0.5, 0.6) is 0 Å². The Balaban J connectivity index is 2.02. The lowest BCUT2D eigenvalue weighted by molar-refractivity contribution is -0.0328. The van der Waals surface area contributed by atoms with Gasteiger partial charge in [-0.05, 0) is 41.6 Å². The molecule has 20 heavy (non-hydrogen) atoms. The van der Waals surface area contributed by atoms with Crippen molar-refractivity contribution in [1.82, 2.24) is 0 Å². The fourth-order valence-corrected chi connectivity index (χ4v) is 3.33. The molecule has 1 aromatic carbocycles. The monoisotopic (exact) mass is 338 g/mol. The SMILES string of the molecule is OC(Cc1ccc(Cl)s1)c1ccc(SC(F)(F)F)cc1. The molecular weight excluding hydrogens is 329 g/mol. The zero-order valence-corrected chi connectivity index (χ0v) is 12.4. The zero-order chi connectivity index (χ0) is 14.8. The summed E-state index contributed by atoms with van der Waals surface area (Å²) in [6.07, 6.45) is -0.363. The molecule has 1 aromatic heterocycles. The van der Waals surface area contributed by atoms with Crippen LogP contribution in [-0.4, -0.2) is 10.6 Å².